The van der Waals surface area contributed by atoms with Crippen molar-refractivity contribution in [2.75, 3.05) is 5.32 Å². The molecule has 0 atom stereocenters. The number of aromatic nitrogens is 1. The van der Waals surface area contributed by atoms with Gasteiger partial charge in [-0.3, -0.25) is 4.98 Å². The van der Waals surface area contributed by atoms with Crippen molar-refractivity contribution in [3.63, 3.8) is 0 Å². The highest BCUT2D eigenvalue weighted by Gasteiger charge is 1.99. The summed E-state index contributed by atoms with van der Waals surface area (Å²) in [7, 11) is 0. The van der Waals surface area contributed by atoms with Crippen LogP contribution in [0.5, 0.6) is 0 Å². The van der Waals surface area contributed by atoms with Crippen molar-refractivity contribution in [2.24, 2.45) is 0 Å². The molecule has 82 valence electrons. The Kier molecular flexibility index (Phi) is 3.37. The van der Waals surface area contributed by atoms with Crippen LogP contribution in [0.3, 0.4) is 0 Å². The van der Waals surface area contributed by atoms with Crippen LogP contribution >= 0.6 is 11.6 Å². The van der Waals surface area contributed by atoms with Gasteiger partial charge in [-0.2, -0.15) is 0 Å². The molecule has 1 N–H and O–H groups in total. The first kappa shape index (κ1) is 10.9. The molecule has 0 radical (unpaired) electrons. The van der Waals surface area contributed by atoms with E-state index in [1.165, 1.54) is 12.1 Å². The van der Waals surface area contributed by atoms with Crippen LogP contribution in [-0.4, -0.2) is 4.98 Å². The number of hydrogen-bond acceptors (Lipinski definition) is 2. The molecule has 1 aromatic carbocycles. The molecule has 0 unspecified atom stereocenters. The van der Waals surface area contributed by atoms with E-state index in [0.717, 1.165) is 11.3 Å². The third kappa shape index (κ3) is 2.70. The Labute approximate surface area is 98.1 Å². The van der Waals surface area contributed by atoms with Gasteiger partial charge in [-0.05, 0) is 23.8 Å². The first-order chi connectivity index (χ1) is 7.75. The summed E-state index contributed by atoms with van der Waals surface area (Å²) in [4.78, 5) is 3.89. The van der Waals surface area contributed by atoms with Crippen molar-refractivity contribution in [1.82, 2.24) is 4.98 Å². The largest absolute Gasteiger partial charge is 0.380 e. The molecule has 2 rings (SSSR count). The van der Waals surface area contributed by atoms with Gasteiger partial charge in [0.05, 0.1) is 10.7 Å². The maximum absolute atomic E-state index is 12.7. The molecule has 1 heterocycles. The van der Waals surface area contributed by atoms with Crippen molar-refractivity contribution < 1.29 is 4.39 Å². The number of benzene rings is 1. The minimum atomic E-state index is -0.231. The Morgan fingerprint density at radius 3 is 2.62 bits per heavy atom. The van der Waals surface area contributed by atoms with E-state index in [9.17, 15) is 4.39 Å². The summed E-state index contributed by atoms with van der Waals surface area (Å²) in [6.45, 7) is 0.601. The Balaban J connectivity index is 2.02. The maximum atomic E-state index is 12.7. The van der Waals surface area contributed by atoms with Crippen molar-refractivity contribution in [3.8, 4) is 0 Å². The predicted molar refractivity (Wildman–Crippen MR) is 63.0 cm³/mol. The molecule has 0 aliphatic rings. The van der Waals surface area contributed by atoms with Gasteiger partial charge in [0.25, 0.3) is 0 Å². The van der Waals surface area contributed by atoms with Crippen LogP contribution in [0.25, 0.3) is 0 Å². The van der Waals surface area contributed by atoms with Crippen LogP contribution in [-0.2, 0) is 6.54 Å². The smallest absolute Gasteiger partial charge is 0.123 e. The highest BCUT2D eigenvalue weighted by molar-refractivity contribution is 6.33. The van der Waals surface area contributed by atoms with E-state index in [0.29, 0.717) is 11.6 Å². The van der Waals surface area contributed by atoms with Gasteiger partial charge in [0.15, 0.2) is 0 Å². The van der Waals surface area contributed by atoms with Gasteiger partial charge < -0.3 is 5.32 Å². The number of anilines is 1. The van der Waals surface area contributed by atoms with Crippen molar-refractivity contribution in [2.45, 2.75) is 6.54 Å². The third-order valence-electron chi connectivity index (χ3n) is 2.17. The fourth-order valence-electron chi connectivity index (χ4n) is 1.32. The maximum Gasteiger partial charge on any atom is 0.123 e. The van der Waals surface area contributed by atoms with E-state index in [1.807, 2.05) is 0 Å². The van der Waals surface area contributed by atoms with Crippen LogP contribution in [0.4, 0.5) is 10.1 Å². The lowest BCUT2D eigenvalue weighted by molar-refractivity contribution is 0.627. The molecule has 4 heteroatoms. The van der Waals surface area contributed by atoms with E-state index in [4.69, 9.17) is 11.6 Å². The van der Waals surface area contributed by atoms with E-state index < -0.39 is 0 Å². The van der Waals surface area contributed by atoms with Crippen molar-refractivity contribution >= 4 is 17.3 Å². The van der Waals surface area contributed by atoms with Crippen LogP contribution < -0.4 is 5.32 Å². The van der Waals surface area contributed by atoms with Crippen LogP contribution in [0.2, 0.25) is 5.02 Å². The first-order valence-electron chi connectivity index (χ1n) is 4.83. The Hall–Kier alpha value is -1.61. The summed E-state index contributed by atoms with van der Waals surface area (Å²) in [6, 6.07) is 8.14. The lowest BCUT2D eigenvalue weighted by Crippen LogP contribution is -1.99. The normalized spacial score (nSPS) is 10.1. The van der Waals surface area contributed by atoms with Gasteiger partial charge >= 0.3 is 0 Å². The highest BCUT2D eigenvalue weighted by atomic mass is 35.5. The molecule has 16 heavy (non-hydrogen) atoms. The van der Waals surface area contributed by atoms with Gasteiger partial charge in [-0.15, -0.1) is 0 Å². The summed E-state index contributed by atoms with van der Waals surface area (Å²) in [5.41, 5.74) is 1.82. The molecule has 2 aromatic rings. The summed E-state index contributed by atoms with van der Waals surface area (Å²) in [5, 5.41) is 3.73. The average Bonchev–Trinajstić information content (AvgIpc) is 2.30. The quantitative estimate of drug-likeness (QED) is 0.883. The van der Waals surface area contributed by atoms with Crippen LogP contribution in [0.1, 0.15) is 5.56 Å². The van der Waals surface area contributed by atoms with E-state index >= 15 is 0 Å². The zero-order valence-corrected chi connectivity index (χ0v) is 9.21. The average molecular weight is 237 g/mol. The SMILES string of the molecule is Fc1ccc(CNc2ccncc2Cl)cc1. The molecule has 0 amide bonds. The first-order valence-corrected chi connectivity index (χ1v) is 5.21. The number of rotatable bonds is 3. The Morgan fingerprint density at radius 2 is 1.94 bits per heavy atom. The lowest BCUT2D eigenvalue weighted by Gasteiger charge is -2.07. The second-order valence-corrected chi connectivity index (χ2v) is 3.74. The number of nitrogens with one attached hydrogen (secondary N) is 1. The molecule has 0 saturated heterocycles. The van der Waals surface area contributed by atoms with Crippen LogP contribution in [0.15, 0.2) is 42.7 Å². The van der Waals surface area contributed by atoms with E-state index in [1.54, 1.807) is 30.6 Å². The Bertz CT molecular complexity index is 471. The zero-order valence-electron chi connectivity index (χ0n) is 8.45. The van der Waals surface area contributed by atoms with E-state index in [2.05, 4.69) is 10.3 Å². The number of hydrogen-bond donors (Lipinski definition) is 1. The minimum absolute atomic E-state index is 0.231. The van der Waals surface area contributed by atoms with Gasteiger partial charge in [-0.1, -0.05) is 23.7 Å². The molecule has 0 bridgehead atoms. The fourth-order valence-corrected chi connectivity index (χ4v) is 1.50. The van der Waals surface area contributed by atoms with Crippen molar-refractivity contribution in [1.29, 1.82) is 0 Å². The molecule has 0 fully saturated rings. The van der Waals surface area contributed by atoms with Gasteiger partial charge in [0.2, 0.25) is 0 Å². The second-order valence-electron chi connectivity index (χ2n) is 3.34. The molecule has 0 saturated carbocycles. The lowest BCUT2D eigenvalue weighted by atomic mass is 10.2. The van der Waals surface area contributed by atoms with E-state index in [-0.39, 0.29) is 5.82 Å². The van der Waals surface area contributed by atoms with Gasteiger partial charge in [0, 0.05) is 18.9 Å². The molecule has 0 spiro atoms. The molecule has 0 aliphatic heterocycles. The molecular weight excluding hydrogens is 227 g/mol. The summed E-state index contributed by atoms with van der Waals surface area (Å²) < 4.78 is 12.7. The molecule has 2 nitrogen and oxygen atoms in total. The van der Waals surface area contributed by atoms with Crippen LogP contribution in [0, 0.1) is 5.82 Å². The Morgan fingerprint density at radius 1 is 1.19 bits per heavy atom. The number of nitrogens with zero attached hydrogens (tertiary/aromatic N) is 1. The monoisotopic (exact) mass is 236 g/mol. The summed E-state index contributed by atoms with van der Waals surface area (Å²) in [5.74, 6) is -0.231. The number of halogens is 2. The van der Waals surface area contributed by atoms with Gasteiger partial charge in [0.1, 0.15) is 5.82 Å². The zero-order chi connectivity index (χ0) is 11.4. The predicted octanol–water partition coefficient (Wildman–Crippen LogP) is 3.49. The topological polar surface area (TPSA) is 24.9 Å². The molecular formula is C12H10ClFN2. The fraction of sp³-hybridized carbons (Fsp3) is 0.0833. The second kappa shape index (κ2) is 4.94. The third-order valence-corrected chi connectivity index (χ3v) is 2.47. The van der Waals surface area contributed by atoms with Gasteiger partial charge in [-0.25, -0.2) is 4.39 Å². The highest BCUT2D eigenvalue weighted by Crippen LogP contribution is 2.19. The van der Waals surface area contributed by atoms with Crippen molar-refractivity contribution in [3.05, 3.63) is 59.1 Å². The summed E-state index contributed by atoms with van der Waals surface area (Å²) in [6.07, 6.45) is 3.24. The minimum Gasteiger partial charge on any atom is -0.380 e. The number of pyridine rings is 1. The summed E-state index contributed by atoms with van der Waals surface area (Å²) >= 11 is 5.93. The molecule has 1 aromatic heterocycles. The molecule has 0 aliphatic carbocycles. The standard InChI is InChI=1S/C12H10ClFN2/c13-11-8-15-6-5-12(11)16-7-9-1-3-10(14)4-2-9/h1-6,8H,7H2,(H,15,16).